The van der Waals surface area contributed by atoms with Crippen molar-refractivity contribution >= 4 is 0 Å². The Bertz CT molecular complexity index is 225. The predicted octanol–water partition coefficient (Wildman–Crippen LogP) is 1.67. The van der Waals surface area contributed by atoms with E-state index in [4.69, 9.17) is 0 Å². The van der Waals surface area contributed by atoms with E-state index in [1.807, 2.05) is 12.2 Å². The van der Waals surface area contributed by atoms with Gasteiger partial charge in [0.2, 0.25) is 0 Å². The zero-order valence-electron chi connectivity index (χ0n) is 6.35. The number of fused-ring (bicyclic) bond motifs is 2. The molecular formula is C10H12O. The van der Waals surface area contributed by atoms with Crippen LogP contribution in [0.5, 0.6) is 0 Å². The van der Waals surface area contributed by atoms with Gasteiger partial charge in [-0.05, 0) is 12.3 Å². The van der Waals surface area contributed by atoms with Gasteiger partial charge in [0.15, 0.2) is 0 Å². The van der Waals surface area contributed by atoms with Crippen LogP contribution in [0.1, 0.15) is 6.42 Å². The van der Waals surface area contributed by atoms with Crippen molar-refractivity contribution in [3.05, 3.63) is 36.5 Å². The van der Waals surface area contributed by atoms with Gasteiger partial charge in [-0.25, -0.2) is 0 Å². The van der Waals surface area contributed by atoms with Crippen LogP contribution in [0.25, 0.3) is 0 Å². The highest BCUT2D eigenvalue weighted by Crippen LogP contribution is 2.27. The van der Waals surface area contributed by atoms with E-state index in [9.17, 15) is 5.11 Å². The van der Waals surface area contributed by atoms with Crippen molar-refractivity contribution < 1.29 is 5.11 Å². The number of rotatable bonds is 0. The average molecular weight is 148 g/mol. The van der Waals surface area contributed by atoms with Crippen LogP contribution in [0.4, 0.5) is 0 Å². The molecule has 0 radical (unpaired) electrons. The Morgan fingerprint density at radius 3 is 2.73 bits per heavy atom. The summed E-state index contributed by atoms with van der Waals surface area (Å²) < 4.78 is 0. The number of allylic oxidation sites excluding steroid dienone is 4. The zero-order valence-corrected chi connectivity index (χ0v) is 6.35. The molecule has 11 heavy (non-hydrogen) atoms. The van der Waals surface area contributed by atoms with Crippen LogP contribution in [-0.4, -0.2) is 11.2 Å². The van der Waals surface area contributed by atoms with Gasteiger partial charge >= 0.3 is 0 Å². The molecule has 2 rings (SSSR count). The molecule has 1 N–H and O–H groups in total. The van der Waals surface area contributed by atoms with Crippen LogP contribution in [0.2, 0.25) is 0 Å². The monoisotopic (exact) mass is 148 g/mol. The van der Waals surface area contributed by atoms with Gasteiger partial charge in [-0.15, -0.1) is 0 Å². The van der Waals surface area contributed by atoms with Gasteiger partial charge in [0, 0.05) is 5.92 Å². The predicted molar refractivity (Wildman–Crippen MR) is 45.0 cm³/mol. The van der Waals surface area contributed by atoms with Crippen molar-refractivity contribution in [2.45, 2.75) is 12.5 Å². The number of aliphatic hydroxyl groups excluding tert-OH is 1. The Hall–Kier alpha value is -0.820. The molecule has 0 saturated carbocycles. The van der Waals surface area contributed by atoms with Gasteiger partial charge in [-0.2, -0.15) is 0 Å². The van der Waals surface area contributed by atoms with Crippen molar-refractivity contribution in [3.63, 3.8) is 0 Å². The highest BCUT2D eigenvalue weighted by molar-refractivity contribution is 5.19. The van der Waals surface area contributed by atoms with E-state index in [0.717, 1.165) is 6.42 Å². The second-order valence-corrected chi connectivity index (χ2v) is 3.21. The minimum absolute atomic E-state index is 0.262. The molecule has 0 amide bonds. The van der Waals surface area contributed by atoms with Crippen molar-refractivity contribution in [1.82, 2.24) is 0 Å². The molecule has 3 atom stereocenters. The second kappa shape index (κ2) is 2.67. The summed E-state index contributed by atoms with van der Waals surface area (Å²) in [4.78, 5) is 0. The van der Waals surface area contributed by atoms with Crippen LogP contribution in [0.3, 0.4) is 0 Å². The first-order valence-corrected chi connectivity index (χ1v) is 4.07. The summed E-state index contributed by atoms with van der Waals surface area (Å²) in [5.41, 5.74) is 0. The molecule has 0 spiro atoms. The van der Waals surface area contributed by atoms with Gasteiger partial charge in [-0.1, -0.05) is 36.5 Å². The molecule has 0 aromatic heterocycles. The largest absolute Gasteiger partial charge is 0.388 e. The summed E-state index contributed by atoms with van der Waals surface area (Å²) in [6, 6.07) is 0. The summed E-state index contributed by atoms with van der Waals surface area (Å²) in [5.74, 6) is 0.874. The molecule has 0 fully saturated rings. The van der Waals surface area contributed by atoms with Gasteiger partial charge < -0.3 is 5.11 Å². The molecule has 2 aliphatic rings. The first kappa shape index (κ1) is 6.86. The third-order valence-corrected chi connectivity index (χ3v) is 2.37. The highest BCUT2D eigenvalue weighted by atomic mass is 16.3. The Kier molecular flexibility index (Phi) is 1.66. The standard InChI is InChI=1S/C10H12O/c11-10-6-5-8-3-1-2-4-9(10)7-8/h1-6,8-11H,7H2. The number of aliphatic hydroxyl groups is 1. The minimum Gasteiger partial charge on any atom is -0.388 e. The zero-order chi connectivity index (χ0) is 7.68. The SMILES string of the molecule is OC1C=CC2C=CC=CC1C2. The van der Waals surface area contributed by atoms with E-state index in [2.05, 4.69) is 24.3 Å². The Balaban J connectivity index is 2.27. The molecule has 0 saturated heterocycles. The molecule has 0 heterocycles. The van der Waals surface area contributed by atoms with Crippen LogP contribution in [0.15, 0.2) is 36.5 Å². The maximum absolute atomic E-state index is 9.48. The number of hydrogen-bond donors (Lipinski definition) is 1. The highest BCUT2D eigenvalue weighted by Gasteiger charge is 2.21. The molecule has 2 bridgehead atoms. The molecule has 0 aromatic rings. The van der Waals surface area contributed by atoms with E-state index in [1.165, 1.54) is 0 Å². The Labute approximate surface area is 66.7 Å². The Morgan fingerprint density at radius 2 is 1.82 bits per heavy atom. The summed E-state index contributed by atoms with van der Waals surface area (Å²) in [7, 11) is 0. The maximum atomic E-state index is 9.48. The lowest BCUT2D eigenvalue weighted by Gasteiger charge is -2.23. The lowest BCUT2D eigenvalue weighted by Crippen LogP contribution is -2.21. The van der Waals surface area contributed by atoms with E-state index in [0.29, 0.717) is 11.8 Å². The average Bonchev–Trinajstić information content (AvgIpc) is 2.21. The van der Waals surface area contributed by atoms with Crippen molar-refractivity contribution in [3.8, 4) is 0 Å². The van der Waals surface area contributed by atoms with E-state index in [-0.39, 0.29) is 6.10 Å². The molecule has 0 aromatic carbocycles. The van der Waals surface area contributed by atoms with Gasteiger partial charge in [0.05, 0.1) is 6.10 Å². The third-order valence-electron chi connectivity index (χ3n) is 2.37. The fourth-order valence-corrected chi connectivity index (χ4v) is 1.68. The van der Waals surface area contributed by atoms with Crippen LogP contribution in [0, 0.1) is 11.8 Å². The molecule has 3 unspecified atom stereocenters. The second-order valence-electron chi connectivity index (χ2n) is 3.21. The smallest absolute Gasteiger partial charge is 0.0784 e. The summed E-state index contributed by atoms with van der Waals surface area (Å²) in [6.45, 7) is 0. The van der Waals surface area contributed by atoms with Gasteiger partial charge in [-0.3, -0.25) is 0 Å². The van der Waals surface area contributed by atoms with Crippen molar-refractivity contribution in [2.24, 2.45) is 11.8 Å². The molecule has 1 nitrogen and oxygen atoms in total. The Morgan fingerprint density at radius 1 is 1.00 bits per heavy atom. The van der Waals surface area contributed by atoms with E-state index < -0.39 is 0 Å². The normalized spacial score (nSPS) is 40.6. The summed E-state index contributed by atoms with van der Waals surface area (Å²) in [5, 5.41) is 9.48. The number of hydrogen-bond acceptors (Lipinski definition) is 1. The fraction of sp³-hybridized carbons (Fsp3) is 0.400. The molecule has 58 valence electrons. The van der Waals surface area contributed by atoms with Gasteiger partial charge in [0.25, 0.3) is 0 Å². The lowest BCUT2D eigenvalue weighted by atomic mass is 9.86. The topological polar surface area (TPSA) is 20.2 Å². The van der Waals surface area contributed by atoms with Gasteiger partial charge in [0.1, 0.15) is 0 Å². The van der Waals surface area contributed by atoms with Crippen LogP contribution < -0.4 is 0 Å². The molecule has 2 aliphatic carbocycles. The van der Waals surface area contributed by atoms with Crippen molar-refractivity contribution in [1.29, 1.82) is 0 Å². The first-order chi connectivity index (χ1) is 5.36. The molecular weight excluding hydrogens is 136 g/mol. The lowest BCUT2D eigenvalue weighted by molar-refractivity contribution is 0.160. The van der Waals surface area contributed by atoms with E-state index in [1.54, 1.807) is 0 Å². The molecule has 1 heteroatoms. The summed E-state index contributed by atoms with van der Waals surface area (Å²) >= 11 is 0. The third kappa shape index (κ3) is 1.29. The summed E-state index contributed by atoms with van der Waals surface area (Å²) in [6.07, 6.45) is 13.1. The quantitative estimate of drug-likeness (QED) is 0.518. The maximum Gasteiger partial charge on any atom is 0.0784 e. The van der Waals surface area contributed by atoms with Crippen LogP contribution >= 0.6 is 0 Å². The van der Waals surface area contributed by atoms with Crippen molar-refractivity contribution in [2.75, 3.05) is 0 Å². The molecule has 0 aliphatic heterocycles. The van der Waals surface area contributed by atoms with E-state index >= 15 is 0 Å². The fourth-order valence-electron chi connectivity index (χ4n) is 1.68. The van der Waals surface area contributed by atoms with Crippen LogP contribution in [-0.2, 0) is 0 Å². The first-order valence-electron chi connectivity index (χ1n) is 4.07. The minimum atomic E-state index is -0.262.